The van der Waals surface area contributed by atoms with E-state index in [9.17, 15) is 47.9 Å². The lowest BCUT2D eigenvalue weighted by Gasteiger charge is -2.45. The van der Waals surface area contributed by atoms with Crippen LogP contribution in [0.5, 0.6) is 0 Å². The van der Waals surface area contributed by atoms with Crippen LogP contribution in [-0.4, -0.2) is 186 Å². The van der Waals surface area contributed by atoms with Crippen LogP contribution in [0, 0.1) is 0 Å². The highest BCUT2D eigenvalue weighted by molar-refractivity contribution is 5.90. The van der Waals surface area contributed by atoms with Crippen molar-refractivity contribution in [3.05, 3.63) is 71.8 Å². The Balaban J connectivity index is 1.90. The van der Waals surface area contributed by atoms with E-state index in [0.717, 1.165) is 55.4 Å². The summed E-state index contributed by atoms with van der Waals surface area (Å²) < 4.78 is 108. The van der Waals surface area contributed by atoms with Gasteiger partial charge in [-0.1, -0.05) is 36.4 Å². The van der Waals surface area contributed by atoms with Gasteiger partial charge in [0.05, 0.1) is 27.1 Å². The first-order valence-electron chi connectivity index (χ1n) is 24.6. The van der Waals surface area contributed by atoms with Crippen LogP contribution < -0.4 is 0 Å². The number of esters is 10. The van der Waals surface area contributed by atoms with Crippen LogP contribution in [-0.2, 0) is 114 Å². The third-order valence-electron chi connectivity index (χ3n) is 10.7. The van der Waals surface area contributed by atoms with Crippen molar-refractivity contribution < 1.29 is 126 Å². The maximum Gasteiger partial charge on any atom is 0.338 e. The van der Waals surface area contributed by atoms with Crippen molar-refractivity contribution >= 4 is 59.7 Å². The molecule has 0 unspecified atom stereocenters. The van der Waals surface area contributed by atoms with E-state index in [-0.39, 0.29) is 11.1 Å². The molecule has 2 aromatic rings. The fourth-order valence-electron chi connectivity index (χ4n) is 7.80. The maximum absolute atomic E-state index is 14.1. The first-order valence-corrected chi connectivity index (χ1v) is 23.2. The molecule has 0 bridgehead atoms. The van der Waals surface area contributed by atoms with E-state index in [1.807, 2.05) is 0 Å². The van der Waals surface area contributed by atoms with E-state index in [1.165, 1.54) is 48.5 Å². The van der Waals surface area contributed by atoms with Crippen molar-refractivity contribution in [3.8, 4) is 0 Å². The van der Waals surface area contributed by atoms with E-state index < -0.39 is 186 Å². The molecule has 4 rings (SSSR count). The monoisotopic (exact) mass is 1080 g/mol. The average Bonchev–Trinajstić information content (AvgIpc) is 3.46. The Morgan fingerprint density at radius 1 is 0.434 bits per heavy atom. The third-order valence-corrected chi connectivity index (χ3v) is 10.7. The number of rotatable bonds is 25. The largest absolute Gasteiger partial charge is 0.463 e. The zero-order valence-corrected chi connectivity index (χ0v) is 42.7. The summed E-state index contributed by atoms with van der Waals surface area (Å²) in [7, 11) is -1.94. The van der Waals surface area contributed by atoms with Gasteiger partial charge in [0.15, 0.2) is 61.4 Å². The van der Waals surface area contributed by atoms with E-state index in [4.69, 9.17) is 78.5 Å². The molecular weight excluding hydrogens is 1020 g/mol. The molecule has 2 saturated heterocycles. The van der Waals surface area contributed by atoms with Crippen LogP contribution in [0.2, 0.25) is 0 Å². The quantitative estimate of drug-likeness (QED) is 0.101. The summed E-state index contributed by atoms with van der Waals surface area (Å²) >= 11 is 0. The summed E-state index contributed by atoms with van der Waals surface area (Å²) in [4.78, 5) is 128. The molecule has 418 valence electrons. The van der Waals surface area contributed by atoms with Gasteiger partial charge in [0.1, 0.15) is 37.6 Å². The second kappa shape index (κ2) is 29.8. The summed E-state index contributed by atoms with van der Waals surface area (Å²) in [6.45, 7) is 4.99. The van der Waals surface area contributed by atoms with Gasteiger partial charge in [-0.3, -0.25) is 38.4 Å². The highest BCUT2D eigenvalue weighted by atomic mass is 16.8. The first kappa shape index (κ1) is 58.2. The van der Waals surface area contributed by atoms with Gasteiger partial charge in [0, 0.05) is 69.6 Å². The Labute approximate surface area is 439 Å². The minimum Gasteiger partial charge on any atom is -0.463 e. The number of hydrogen-bond acceptors (Lipinski definition) is 26. The minimum absolute atomic E-state index is 0.0450. The molecule has 0 radical (unpaired) electrons. The predicted octanol–water partition coefficient (Wildman–Crippen LogP) is 1.67. The number of benzene rings is 2. The zero-order chi connectivity index (χ0) is 57.6. The molecule has 0 amide bonds. The third kappa shape index (κ3) is 18.6. The topological polar surface area (TPSA) is 318 Å². The summed E-state index contributed by atoms with van der Waals surface area (Å²) in [5.41, 5.74) is -0.0899. The van der Waals surface area contributed by atoms with Crippen molar-refractivity contribution in [1.82, 2.24) is 0 Å². The molecule has 76 heavy (non-hydrogen) atoms. The SMILES string of the molecule is [2H]CO[C@@H]([C@H](OC[2H])[C@@H](CO[C@@H]1O[C@H](COC(C)=O)[C@@H](OC(C)=O)[C@H](OC(C)=O)[C@H]1OC(C)=O)OC(=O)c1ccccc1)[C@@H](CO[C@@H]1O[C@H](COC(C)=O)[C@@H](OC(C)=O)[C@H](OC(C)=O)[C@H]1OC(C)=O)OC(=O)c1ccccc1. The summed E-state index contributed by atoms with van der Waals surface area (Å²) in [6.07, 6.45) is -24.5. The van der Waals surface area contributed by atoms with E-state index >= 15 is 0 Å². The molecule has 0 aromatic heterocycles. The number of ether oxygens (including phenoxy) is 16. The van der Waals surface area contributed by atoms with Gasteiger partial charge in [0.25, 0.3) is 0 Å². The van der Waals surface area contributed by atoms with Crippen LogP contribution in [0.15, 0.2) is 60.7 Å². The van der Waals surface area contributed by atoms with Crippen LogP contribution >= 0.6 is 0 Å². The molecule has 2 fully saturated rings. The van der Waals surface area contributed by atoms with Gasteiger partial charge >= 0.3 is 59.7 Å². The summed E-state index contributed by atoms with van der Waals surface area (Å²) in [5, 5.41) is 0. The van der Waals surface area contributed by atoms with Gasteiger partial charge < -0.3 is 75.8 Å². The van der Waals surface area contributed by atoms with Crippen molar-refractivity contribution in [1.29, 1.82) is 0 Å². The molecule has 0 N–H and O–H groups in total. The van der Waals surface area contributed by atoms with Crippen molar-refractivity contribution in [2.45, 2.75) is 141 Å². The Hall–Kier alpha value is -7.10. The second-order valence-corrected chi connectivity index (χ2v) is 16.7. The average molecular weight is 1080 g/mol. The molecule has 0 spiro atoms. The fourth-order valence-corrected chi connectivity index (χ4v) is 7.80. The lowest BCUT2D eigenvalue weighted by molar-refractivity contribution is -0.315. The maximum atomic E-state index is 14.1. The highest BCUT2D eigenvalue weighted by Crippen LogP contribution is 2.33. The van der Waals surface area contributed by atoms with Gasteiger partial charge in [0.2, 0.25) is 0 Å². The first-order chi connectivity index (χ1) is 37.0. The molecule has 2 aliphatic rings. The fraction of sp³-hybridized carbons (Fsp3) is 0.560. The molecule has 14 atom stereocenters. The molecule has 0 saturated carbocycles. The van der Waals surface area contributed by atoms with E-state index in [1.54, 1.807) is 12.1 Å². The molecular formula is C50H62O26. The molecule has 0 aliphatic carbocycles. The van der Waals surface area contributed by atoms with Crippen LogP contribution in [0.1, 0.15) is 78.8 Å². The number of methoxy groups -OCH3 is 2. The Morgan fingerprint density at radius 3 is 1.03 bits per heavy atom. The molecule has 26 nitrogen and oxygen atoms in total. The number of carbonyl (C=O) groups is 10. The van der Waals surface area contributed by atoms with Crippen LogP contribution in [0.3, 0.4) is 0 Å². The summed E-state index contributed by atoms with van der Waals surface area (Å²) in [5.74, 6) is -9.46. The van der Waals surface area contributed by atoms with Crippen molar-refractivity contribution in [2.75, 3.05) is 40.6 Å². The Morgan fingerprint density at radius 2 is 0.737 bits per heavy atom. The van der Waals surface area contributed by atoms with E-state index in [2.05, 4.69) is 0 Å². The normalized spacial score (nSPS) is 24.9. The summed E-state index contributed by atoms with van der Waals surface area (Å²) in [6, 6.07) is 14.7. The van der Waals surface area contributed by atoms with Gasteiger partial charge in [-0.05, 0) is 24.3 Å². The lowest BCUT2D eigenvalue weighted by Crippen LogP contribution is -2.63. The standard InChI is InChI=1S/C50H62O26/c1-25(51)63-21-37-41(67-27(3)53)43(69-29(5)55)45(71-31(7)57)49(75-37)65-23-35(73-47(59)33-17-13-11-14-18-33)39(61-9)40(62-10)36(74-48(60)34-19-15-12-16-20-34)24-66-50-46(72-32(8)58)44(70-30(6)56)42(68-28(4)54)38(76-50)22-64-26(2)52/h11-20,35-46,49-50H,21-24H2,1-10H3/t35-,36-,37-,38-,39-,40-,41-,42-,43+,44+,45-,46-,49-,50-/m1/s1/i9D,10D. The Kier molecular flexibility index (Phi) is 22.8. The smallest absolute Gasteiger partial charge is 0.338 e. The van der Waals surface area contributed by atoms with Crippen molar-refractivity contribution in [2.24, 2.45) is 0 Å². The molecule has 2 heterocycles. The predicted molar refractivity (Wildman–Crippen MR) is 249 cm³/mol. The zero-order valence-electron chi connectivity index (χ0n) is 44.7. The number of hydrogen-bond donors (Lipinski definition) is 0. The second-order valence-electron chi connectivity index (χ2n) is 16.7. The molecule has 2 aromatic carbocycles. The van der Waals surface area contributed by atoms with Gasteiger partial charge in [-0.15, -0.1) is 0 Å². The van der Waals surface area contributed by atoms with Crippen LogP contribution in [0.4, 0.5) is 0 Å². The van der Waals surface area contributed by atoms with E-state index in [0.29, 0.717) is 0 Å². The molecule has 2 aliphatic heterocycles. The number of carbonyl (C=O) groups excluding carboxylic acids is 10. The van der Waals surface area contributed by atoms with Gasteiger partial charge in [-0.2, -0.15) is 0 Å². The molecule has 26 heteroatoms. The minimum atomic E-state index is -1.88. The lowest BCUT2D eigenvalue weighted by atomic mass is 9.97. The van der Waals surface area contributed by atoms with Crippen LogP contribution in [0.25, 0.3) is 0 Å². The Bertz CT molecular complexity index is 2190. The van der Waals surface area contributed by atoms with Crippen molar-refractivity contribution in [3.63, 3.8) is 0 Å². The van der Waals surface area contributed by atoms with Gasteiger partial charge in [-0.25, -0.2) is 9.59 Å². The highest BCUT2D eigenvalue weighted by Gasteiger charge is 2.55.